The number of nitrogens with one attached hydrogen (secondary N) is 2. The van der Waals surface area contributed by atoms with Gasteiger partial charge in [-0.25, -0.2) is 0 Å². The van der Waals surface area contributed by atoms with Gasteiger partial charge in [-0.2, -0.15) is 0 Å². The molecule has 2 rings (SSSR count). The number of hydrogen-bond donors (Lipinski definition) is 3. The highest BCUT2D eigenvalue weighted by molar-refractivity contribution is 5.81. The van der Waals surface area contributed by atoms with Crippen LogP contribution in [0.1, 0.15) is 17.5 Å². The minimum atomic E-state index is -0.459. The molecule has 100 valence electrons. The van der Waals surface area contributed by atoms with Crippen molar-refractivity contribution >= 4 is 5.91 Å². The van der Waals surface area contributed by atoms with E-state index < -0.39 is 6.04 Å². The van der Waals surface area contributed by atoms with E-state index >= 15 is 0 Å². The summed E-state index contributed by atoms with van der Waals surface area (Å²) in [4.78, 5) is 14.8. The summed E-state index contributed by atoms with van der Waals surface area (Å²) in [5.41, 5.74) is 8.13. The van der Waals surface area contributed by atoms with E-state index in [0.717, 1.165) is 12.0 Å². The van der Waals surface area contributed by atoms with E-state index in [0.29, 0.717) is 13.0 Å². The molecule has 0 saturated carbocycles. The zero-order valence-electron chi connectivity index (χ0n) is 10.8. The van der Waals surface area contributed by atoms with Crippen LogP contribution in [0, 0.1) is 0 Å². The second-order valence-corrected chi connectivity index (χ2v) is 4.57. The van der Waals surface area contributed by atoms with Crippen molar-refractivity contribution in [1.29, 1.82) is 0 Å². The van der Waals surface area contributed by atoms with Crippen LogP contribution in [0.2, 0.25) is 0 Å². The van der Waals surface area contributed by atoms with Crippen LogP contribution in [-0.4, -0.2) is 16.9 Å². The third kappa shape index (κ3) is 4.26. The van der Waals surface area contributed by atoms with Crippen LogP contribution < -0.4 is 11.1 Å². The molecule has 1 heterocycles. The fraction of sp³-hybridized carbons (Fsp3) is 0.267. The molecule has 1 aromatic heterocycles. The minimum Gasteiger partial charge on any atom is -0.367 e. The molecular formula is C15H19N3O. The van der Waals surface area contributed by atoms with Gasteiger partial charge in [0.05, 0.1) is 6.04 Å². The molecule has 0 saturated heterocycles. The first kappa shape index (κ1) is 13.4. The van der Waals surface area contributed by atoms with Crippen LogP contribution >= 0.6 is 0 Å². The number of carbonyl (C=O) groups excluding carboxylic acids is 1. The van der Waals surface area contributed by atoms with E-state index in [1.54, 1.807) is 0 Å². The first-order valence-corrected chi connectivity index (χ1v) is 6.44. The Morgan fingerprint density at radius 2 is 2.00 bits per heavy atom. The quantitative estimate of drug-likeness (QED) is 0.735. The number of amides is 1. The zero-order chi connectivity index (χ0) is 13.5. The molecule has 0 fully saturated rings. The lowest BCUT2D eigenvalue weighted by Gasteiger charge is -2.11. The van der Waals surface area contributed by atoms with Crippen molar-refractivity contribution in [3.63, 3.8) is 0 Å². The molecule has 0 unspecified atom stereocenters. The van der Waals surface area contributed by atoms with E-state index in [1.165, 1.54) is 5.56 Å². The number of hydrogen-bond acceptors (Lipinski definition) is 2. The molecule has 2 aromatic rings. The molecule has 1 aromatic carbocycles. The van der Waals surface area contributed by atoms with Crippen LogP contribution in [-0.2, 0) is 17.8 Å². The van der Waals surface area contributed by atoms with Crippen LogP contribution in [0.3, 0.4) is 0 Å². The van der Waals surface area contributed by atoms with Crippen molar-refractivity contribution in [2.45, 2.75) is 25.4 Å². The third-order valence-electron chi connectivity index (χ3n) is 3.05. The van der Waals surface area contributed by atoms with Crippen LogP contribution in [0.15, 0.2) is 48.8 Å². The Labute approximate surface area is 113 Å². The van der Waals surface area contributed by atoms with Crippen molar-refractivity contribution in [2.24, 2.45) is 5.73 Å². The molecular weight excluding hydrogens is 238 g/mol. The maximum Gasteiger partial charge on any atom is 0.237 e. The number of aromatic amines is 1. The van der Waals surface area contributed by atoms with Gasteiger partial charge in [0.2, 0.25) is 5.91 Å². The maximum absolute atomic E-state index is 11.8. The third-order valence-corrected chi connectivity index (χ3v) is 3.05. The Morgan fingerprint density at radius 1 is 1.21 bits per heavy atom. The Hall–Kier alpha value is -2.07. The molecule has 1 atom stereocenters. The van der Waals surface area contributed by atoms with Gasteiger partial charge in [-0.15, -0.1) is 0 Å². The predicted molar refractivity (Wildman–Crippen MR) is 75.4 cm³/mol. The summed E-state index contributed by atoms with van der Waals surface area (Å²) in [5.74, 6) is -0.0999. The number of carbonyl (C=O) groups is 1. The second kappa shape index (κ2) is 6.75. The molecule has 0 bridgehead atoms. The standard InChI is InChI=1S/C15H19N3O/c16-14(7-6-12-4-2-1-3-5-12)15(19)18-11-13-8-9-17-10-13/h1-5,8-10,14,17H,6-7,11,16H2,(H,18,19)/t14-/m0/s1. The number of aryl methyl sites for hydroxylation is 1. The Balaban J connectivity index is 1.73. The Morgan fingerprint density at radius 3 is 2.68 bits per heavy atom. The fourth-order valence-electron chi connectivity index (χ4n) is 1.89. The molecule has 19 heavy (non-hydrogen) atoms. The molecule has 4 heteroatoms. The molecule has 4 nitrogen and oxygen atoms in total. The van der Waals surface area contributed by atoms with Gasteiger partial charge in [-0.05, 0) is 30.0 Å². The van der Waals surface area contributed by atoms with Gasteiger partial charge in [0.15, 0.2) is 0 Å². The van der Waals surface area contributed by atoms with Crippen molar-refractivity contribution in [3.8, 4) is 0 Å². The Kier molecular flexibility index (Phi) is 4.75. The molecule has 0 radical (unpaired) electrons. The number of H-pyrrole nitrogens is 1. The normalized spacial score (nSPS) is 12.1. The summed E-state index contributed by atoms with van der Waals surface area (Å²) in [6.07, 6.45) is 5.16. The van der Waals surface area contributed by atoms with Crippen LogP contribution in [0.5, 0.6) is 0 Å². The van der Waals surface area contributed by atoms with Crippen LogP contribution in [0.25, 0.3) is 0 Å². The Bertz CT molecular complexity index is 493. The maximum atomic E-state index is 11.8. The molecule has 0 spiro atoms. The summed E-state index contributed by atoms with van der Waals surface area (Å²) in [6, 6.07) is 11.5. The molecule has 1 amide bonds. The first-order chi connectivity index (χ1) is 9.25. The summed E-state index contributed by atoms with van der Waals surface area (Å²) < 4.78 is 0. The summed E-state index contributed by atoms with van der Waals surface area (Å²) in [7, 11) is 0. The van der Waals surface area contributed by atoms with Crippen molar-refractivity contribution in [2.75, 3.05) is 0 Å². The molecule has 4 N–H and O–H groups in total. The number of benzene rings is 1. The smallest absolute Gasteiger partial charge is 0.237 e. The first-order valence-electron chi connectivity index (χ1n) is 6.44. The van der Waals surface area contributed by atoms with E-state index in [-0.39, 0.29) is 5.91 Å². The van der Waals surface area contributed by atoms with E-state index in [9.17, 15) is 4.79 Å². The van der Waals surface area contributed by atoms with Gasteiger partial charge in [-0.1, -0.05) is 30.3 Å². The largest absolute Gasteiger partial charge is 0.367 e. The lowest BCUT2D eigenvalue weighted by atomic mass is 10.1. The lowest BCUT2D eigenvalue weighted by Crippen LogP contribution is -2.40. The number of rotatable bonds is 6. The summed E-state index contributed by atoms with van der Waals surface area (Å²) in [5, 5.41) is 2.84. The van der Waals surface area contributed by atoms with Crippen molar-refractivity contribution in [3.05, 3.63) is 59.9 Å². The topological polar surface area (TPSA) is 70.9 Å². The summed E-state index contributed by atoms with van der Waals surface area (Å²) in [6.45, 7) is 0.515. The van der Waals surface area contributed by atoms with Gasteiger partial charge in [0, 0.05) is 18.9 Å². The fourth-order valence-corrected chi connectivity index (χ4v) is 1.89. The average molecular weight is 257 g/mol. The number of nitrogens with two attached hydrogens (primary N) is 1. The SMILES string of the molecule is N[C@@H](CCc1ccccc1)C(=O)NCc1cc[nH]c1. The molecule has 0 aliphatic rings. The van der Waals surface area contributed by atoms with Crippen molar-refractivity contribution in [1.82, 2.24) is 10.3 Å². The van der Waals surface area contributed by atoms with Crippen LogP contribution in [0.4, 0.5) is 0 Å². The second-order valence-electron chi connectivity index (χ2n) is 4.57. The minimum absolute atomic E-state index is 0.0999. The van der Waals surface area contributed by atoms with Gasteiger partial charge >= 0.3 is 0 Å². The van der Waals surface area contributed by atoms with Gasteiger partial charge in [0.25, 0.3) is 0 Å². The highest BCUT2D eigenvalue weighted by Crippen LogP contribution is 2.04. The van der Waals surface area contributed by atoms with Gasteiger partial charge in [-0.3, -0.25) is 4.79 Å². The van der Waals surface area contributed by atoms with E-state index in [4.69, 9.17) is 5.73 Å². The molecule has 0 aliphatic heterocycles. The van der Waals surface area contributed by atoms with Crippen molar-refractivity contribution < 1.29 is 4.79 Å². The average Bonchev–Trinajstić information content (AvgIpc) is 2.96. The highest BCUT2D eigenvalue weighted by atomic mass is 16.2. The lowest BCUT2D eigenvalue weighted by molar-refractivity contribution is -0.122. The van der Waals surface area contributed by atoms with Gasteiger partial charge in [0.1, 0.15) is 0 Å². The highest BCUT2D eigenvalue weighted by Gasteiger charge is 2.12. The monoisotopic (exact) mass is 257 g/mol. The predicted octanol–water partition coefficient (Wildman–Crippen LogP) is 1.59. The van der Waals surface area contributed by atoms with E-state index in [1.807, 2.05) is 48.8 Å². The molecule has 0 aliphatic carbocycles. The van der Waals surface area contributed by atoms with E-state index in [2.05, 4.69) is 10.3 Å². The van der Waals surface area contributed by atoms with Gasteiger partial charge < -0.3 is 16.0 Å². The number of aromatic nitrogens is 1. The zero-order valence-corrected chi connectivity index (χ0v) is 10.8. The summed E-state index contributed by atoms with van der Waals surface area (Å²) >= 11 is 0.